The Balaban J connectivity index is 1.47. The van der Waals surface area contributed by atoms with Crippen molar-refractivity contribution in [3.8, 4) is 23.0 Å². The molecule has 4 heteroatoms. The van der Waals surface area contributed by atoms with Crippen LogP contribution in [0.1, 0.15) is 49.4 Å². The van der Waals surface area contributed by atoms with Crippen molar-refractivity contribution in [2.45, 2.75) is 39.4 Å². The van der Waals surface area contributed by atoms with E-state index in [2.05, 4.69) is 63.3 Å². The van der Waals surface area contributed by atoms with Crippen LogP contribution < -0.4 is 18.9 Å². The Labute approximate surface area is 201 Å². The molecule has 0 aromatic heterocycles. The first-order chi connectivity index (χ1) is 16.5. The molecule has 3 aromatic carbocycles. The first-order valence-electron chi connectivity index (χ1n) is 11.8. The van der Waals surface area contributed by atoms with Gasteiger partial charge in [-0.25, -0.2) is 0 Å². The molecule has 34 heavy (non-hydrogen) atoms. The number of benzene rings is 3. The Morgan fingerprint density at radius 3 is 2.65 bits per heavy atom. The fraction of sp³-hybridized carbons (Fsp3) is 0.267. The molecule has 0 N–H and O–H groups in total. The molecule has 2 aliphatic heterocycles. The van der Waals surface area contributed by atoms with Gasteiger partial charge in [0.05, 0.1) is 12.2 Å². The second kappa shape index (κ2) is 9.30. The fourth-order valence-electron chi connectivity index (χ4n) is 4.19. The summed E-state index contributed by atoms with van der Waals surface area (Å²) < 4.78 is 24.6. The summed E-state index contributed by atoms with van der Waals surface area (Å²) in [6.07, 6.45) is 7.31. The Kier molecular flexibility index (Phi) is 6.06. The summed E-state index contributed by atoms with van der Waals surface area (Å²) in [4.78, 5) is 0. The van der Waals surface area contributed by atoms with E-state index in [1.165, 1.54) is 0 Å². The number of ether oxygens (including phenoxy) is 4. The van der Waals surface area contributed by atoms with Crippen LogP contribution in [-0.2, 0) is 6.61 Å². The summed E-state index contributed by atoms with van der Waals surface area (Å²) in [5, 5.41) is 0. The molecule has 5 rings (SSSR count). The van der Waals surface area contributed by atoms with Crippen molar-refractivity contribution in [2.24, 2.45) is 0 Å². The van der Waals surface area contributed by atoms with Crippen LogP contribution in [0, 0.1) is 0 Å². The third-order valence-corrected chi connectivity index (χ3v) is 5.92. The third-order valence-electron chi connectivity index (χ3n) is 5.92. The van der Waals surface area contributed by atoms with Gasteiger partial charge in [0.15, 0.2) is 0 Å². The fourth-order valence-corrected chi connectivity index (χ4v) is 4.19. The maximum Gasteiger partial charge on any atom is 0.137 e. The maximum atomic E-state index is 6.29. The van der Waals surface area contributed by atoms with E-state index < -0.39 is 0 Å². The van der Waals surface area contributed by atoms with Crippen molar-refractivity contribution >= 4 is 17.7 Å². The SMILES string of the molecule is CCCOc1ccc(C2=Cc3ccc4c(c3OC2)C=CC(C)(C)O4)c(OCc2ccccc2)c1. The molecule has 0 atom stereocenters. The minimum absolute atomic E-state index is 0.316. The first kappa shape index (κ1) is 22.1. The van der Waals surface area contributed by atoms with Crippen LogP contribution in [0.2, 0.25) is 0 Å². The molecule has 0 unspecified atom stereocenters. The van der Waals surface area contributed by atoms with Gasteiger partial charge in [-0.15, -0.1) is 0 Å². The lowest BCUT2D eigenvalue weighted by Gasteiger charge is -2.30. The van der Waals surface area contributed by atoms with Crippen LogP contribution in [0.15, 0.2) is 66.7 Å². The second-order valence-electron chi connectivity index (χ2n) is 9.17. The predicted molar refractivity (Wildman–Crippen MR) is 137 cm³/mol. The highest BCUT2D eigenvalue weighted by molar-refractivity contribution is 5.90. The first-order valence-corrected chi connectivity index (χ1v) is 11.8. The van der Waals surface area contributed by atoms with Gasteiger partial charge < -0.3 is 18.9 Å². The summed E-state index contributed by atoms with van der Waals surface area (Å²) >= 11 is 0. The molecule has 0 bridgehead atoms. The number of rotatable bonds is 7. The van der Waals surface area contributed by atoms with E-state index in [4.69, 9.17) is 18.9 Å². The maximum absolute atomic E-state index is 6.29. The van der Waals surface area contributed by atoms with Crippen LogP contribution in [-0.4, -0.2) is 18.8 Å². The molecule has 0 spiro atoms. The third kappa shape index (κ3) is 4.67. The molecule has 4 nitrogen and oxygen atoms in total. The topological polar surface area (TPSA) is 36.9 Å². The van der Waals surface area contributed by atoms with Crippen molar-refractivity contribution in [1.82, 2.24) is 0 Å². The number of hydrogen-bond acceptors (Lipinski definition) is 4. The lowest BCUT2D eigenvalue weighted by atomic mass is 9.95. The van der Waals surface area contributed by atoms with Gasteiger partial charge in [-0.1, -0.05) is 37.3 Å². The minimum atomic E-state index is -0.316. The monoisotopic (exact) mass is 454 g/mol. The molecule has 0 aliphatic carbocycles. The lowest BCUT2D eigenvalue weighted by Crippen LogP contribution is -2.27. The predicted octanol–water partition coefficient (Wildman–Crippen LogP) is 7.17. The molecule has 2 heterocycles. The number of hydrogen-bond donors (Lipinski definition) is 0. The molecule has 0 amide bonds. The van der Waals surface area contributed by atoms with Gasteiger partial charge >= 0.3 is 0 Å². The van der Waals surface area contributed by atoms with Crippen LogP contribution in [0.3, 0.4) is 0 Å². The van der Waals surface area contributed by atoms with Crippen LogP contribution in [0.25, 0.3) is 17.7 Å². The Hall–Kier alpha value is -3.66. The minimum Gasteiger partial charge on any atom is -0.493 e. The largest absolute Gasteiger partial charge is 0.493 e. The molecule has 0 fully saturated rings. The molecule has 0 saturated carbocycles. The van der Waals surface area contributed by atoms with E-state index in [1.54, 1.807) is 0 Å². The Morgan fingerprint density at radius 2 is 1.82 bits per heavy atom. The highest BCUT2D eigenvalue weighted by Gasteiger charge is 2.27. The van der Waals surface area contributed by atoms with Crippen LogP contribution in [0.5, 0.6) is 23.0 Å². The normalized spacial score (nSPS) is 15.3. The molecule has 174 valence electrons. The van der Waals surface area contributed by atoms with Crippen molar-refractivity contribution < 1.29 is 18.9 Å². The van der Waals surface area contributed by atoms with Gasteiger partial charge in [-0.05, 0) is 68.3 Å². The van der Waals surface area contributed by atoms with Gasteiger partial charge in [0.25, 0.3) is 0 Å². The van der Waals surface area contributed by atoms with Gasteiger partial charge in [0.2, 0.25) is 0 Å². The van der Waals surface area contributed by atoms with Crippen LogP contribution in [0.4, 0.5) is 0 Å². The summed E-state index contributed by atoms with van der Waals surface area (Å²) in [7, 11) is 0. The average Bonchev–Trinajstić information content (AvgIpc) is 2.85. The van der Waals surface area contributed by atoms with Crippen molar-refractivity contribution in [2.75, 3.05) is 13.2 Å². The van der Waals surface area contributed by atoms with Gasteiger partial charge in [-0.2, -0.15) is 0 Å². The second-order valence-corrected chi connectivity index (χ2v) is 9.17. The molecule has 2 aliphatic rings. The highest BCUT2D eigenvalue weighted by atomic mass is 16.5. The standard InChI is InChI=1S/C30H30O4/c1-4-16-31-24-11-12-25(28(18-24)32-19-21-8-6-5-7-9-21)23-17-22-10-13-27-26(29(22)33-20-23)14-15-30(2,3)34-27/h5-15,17-18H,4,16,19-20H2,1-3H3. The summed E-state index contributed by atoms with van der Waals surface area (Å²) in [6.45, 7) is 7.82. The molecule has 3 aromatic rings. The van der Waals surface area contributed by atoms with E-state index in [9.17, 15) is 0 Å². The summed E-state index contributed by atoms with van der Waals surface area (Å²) in [6, 6.07) is 20.3. The highest BCUT2D eigenvalue weighted by Crippen LogP contribution is 2.43. The zero-order valence-corrected chi connectivity index (χ0v) is 20.0. The van der Waals surface area contributed by atoms with E-state index in [0.717, 1.165) is 57.2 Å². The molecule has 0 radical (unpaired) electrons. The van der Waals surface area contributed by atoms with Crippen LogP contribution >= 0.6 is 0 Å². The van der Waals surface area contributed by atoms with Crippen molar-refractivity contribution in [1.29, 1.82) is 0 Å². The number of fused-ring (bicyclic) bond motifs is 3. The van der Waals surface area contributed by atoms with Gasteiger partial charge in [0.1, 0.15) is 41.8 Å². The average molecular weight is 455 g/mol. The Bertz CT molecular complexity index is 1240. The van der Waals surface area contributed by atoms with E-state index in [1.807, 2.05) is 36.4 Å². The Morgan fingerprint density at radius 1 is 0.971 bits per heavy atom. The van der Waals surface area contributed by atoms with Crippen molar-refractivity contribution in [3.63, 3.8) is 0 Å². The molecule has 0 saturated heterocycles. The van der Waals surface area contributed by atoms with E-state index in [0.29, 0.717) is 19.8 Å². The molecular formula is C30H30O4. The lowest BCUT2D eigenvalue weighted by molar-refractivity contribution is 0.158. The summed E-state index contributed by atoms with van der Waals surface area (Å²) in [5.41, 5.74) is 4.91. The smallest absolute Gasteiger partial charge is 0.137 e. The van der Waals surface area contributed by atoms with E-state index in [-0.39, 0.29) is 5.60 Å². The van der Waals surface area contributed by atoms with E-state index >= 15 is 0 Å². The zero-order chi connectivity index (χ0) is 23.5. The quantitative estimate of drug-likeness (QED) is 0.379. The van der Waals surface area contributed by atoms with Crippen molar-refractivity contribution in [3.05, 3.63) is 89.0 Å². The van der Waals surface area contributed by atoms with Gasteiger partial charge in [0, 0.05) is 22.8 Å². The van der Waals surface area contributed by atoms with Gasteiger partial charge in [-0.3, -0.25) is 0 Å². The molecular weight excluding hydrogens is 424 g/mol. The zero-order valence-electron chi connectivity index (χ0n) is 20.0. The summed E-state index contributed by atoms with van der Waals surface area (Å²) in [5.74, 6) is 3.32.